The molecule has 0 bridgehead atoms. The van der Waals surface area contributed by atoms with Gasteiger partial charge in [-0.1, -0.05) is 6.07 Å². The largest absolute Gasteiger partial charge is 0.503 e. The van der Waals surface area contributed by atoms with Crippen molar-refractivity contribution < 1.29 is 19.4 Å². The predicted molar refractivity (Wildman–Crippen MR) is 112 cm³/mol. The van der Waals surface area contributed by atoms with Gasteiger partial charge in [0.05, 0.1) is 17.3 Å². The number of halogens is 2. The van der Waals surface area contributed by atoms with Crippen molar-refractivity contribution in [2.75, 3.05) is 13.2 Å². The SMILES string of the molecule is CCOc1cc(/C=N\NC(=O)COc2ccc(C)c(C)c2)c(Br)c(Br)c1O. The number of aryl methyl sites for hydroxylation is 2. The van der Waals surface area contributed by atoms with Crippen molar-refractivity contribution in [1.29, 1.82) is 0 Å². The van der Waals surface area contributed by atoms with Crippen molar-refractivity contribution >= 4 is 44.0 Å². The molecule has 144 valence electrons. The molecule has 1 amide bonds. The molecule has 0 saturated heterocycles. The Bertz CT molecular complexity index is 869. The van der Waals surface area contributed by atoms with Crippen LogP contribution in [0, 0.1) is 13.8 Å². The highest BCUT2D eigenvalue weighted by Crippen LogP contribution is 2.41. The smallest absolute Gasteiger partial charge is 0.277 e. The lowest BCUT2D eigenvalue weighted by Gasteiger charge is -2.11. The first-order valence-corrected chi connectivity index (χ1v) is 9.77. The Kier molecular flexibility index (Phi) is 7.67. The molecule has 8 heteroatoms. The summed E-state index contributed by atoms with van der Waals surface area (Å²) >= 11 is 6.65. The monoisotopic (exact) mass is 498 g/mol. The Morgan fingerprint density at radius 2 is 1.93 bits per heavy atom. The van der Waals surface area contributed by atoms with E-state index in [0.717, 1.165) is 11.1 Å². The molecular formula is C19H20Br2N2O4. The minimum Gasteiger partial charge on any atom is -0.503 e. The lowest BCUT2D eigenvalue weighted by molar-refractivity contribution is -0.123. The third-order valence-corrected chi connectivity index (χ3v) is 5.87. The van der Waals surface area contributed by atoms with Gasteiger partial charge in [0.15, 0.2) is 18.1 Å². The maximum Gasteiger partial charge on any atom is 0.277 e. The van der Waals surface area contributed by atoms with Crippen molar-refractivity contribution in [2.45, 2.75) is 20.8 Å². The summed E-state index contributed by atoms with van der Waals surface area (Å²) in [7, 11) is 0. The minimum absolute atomic E-state index is 0.00768. The molecule has 0 spiro atoms. The fraction of sp³-hybridized carbons (Fsp3) is 0.263. The molecule has 2 aromatic carbocycles. The van der Waals surface area contributed by atoms with E-state index >= 15 is 0 Å². The second-order valence-corrected chi connectivity index (χ2v) is 7.29. The number of hydrogen-bond acceptors (Lipinski definition) is 5. The molecule has 0 heterocycles. The molecule has 0 aliphatic carbocycles. The third kappa shape index (κ3) is 5.71. The van der Waals surface area contributed by atoms with Crippen LogP contribution in [0.1, 0.15) is 23.6 Å². The van der Waals surface area contributed by atoms with Gasteiger partial charge < -0.3 is 14.6 Å². The molecule has 2 N–H and O–H groups in total. The van der Waals surface area contributed by atoms with Gasteiger partial charge >= 0.3 is 0 Å². The summed E-state index contributed by atoms with van der Waals surface area (Å²) < 4.78 is 11.9. The van der Waals surface area contributed by atoms with Crippen LogP contribution in [0.2, 0.25) is 0 Å². The molecule has 0 unspecified atom stereocenters. The summed E-state index contributed by atoms with van der Waals surface area (Å²) in [4.78, 5) is 11.9. The number of aromatic hydroxyl groups is 1. The highest BCUT2D eigenvalue weighted by Gasteiger charge is 2.14. The number of phenols is 1. The standard InChI is InChI=1S/C19H20Br2N2O4/c1-4-26-15-8-13(17(20)18(21)19(15)25)9-22-23-16(24)10-27-14-6-5-11(2)12(3)7-14/h5-9,25H,4,10H2,1-3H3,(H,23,24)/b22-9-. The first kappa shape index (κ1) is 21.2. The molecule has 0 aliphatic rings. The van der Waals surface area contributed by atoms with E-state index in [2.05, 4.69) is 42.4 Å². The molecule has 0 aromatic heterocycles. The number of rotatable bonds is 7. The van der Waals surface area contributed by atoms with Crippen molar-refractivity contribution in [1.82, 2.24) is 5.43 Å². The van der Waals surface area contributed by atoms with Crippen LogP contribution >= 0.6 is 31.9 Å². The van der Waals surface area contributed by atoms with Crippen molar-refractivity contribution in [3.8, 4) is 17.2 Å². The highest BCUT2D eigenvalue weighted by atomic mass is 79.9. The van der Waals surface area contributed by atoms with Gasteiger partial charge in [-0.25, -0.2) is 5.43 Å². The number of carbonyl (C=O) groups is 1. The molecule has 0 aliphatic heterocycles. The third-order valence-electron chi connectivity index (χ3n) is 3.72. The van der Waals surface area contributed by atoms with E-state index in [1.807, 2.05) is 39.0 Å². The average molecular weight is 500 g/mol. The lowest BCUT2D eigenvalue weighted by Crippen LogP contribution is -2.24. The van der Waals surface area contributed by atoms with E-state index < -0.39 is 0 Å². The zero-order chi connectivity index (χ0) is 20.0. The van der Waals surface area contributed by atoms with Crippen LogP contribution in [0.5, 0.6) is 17.2 Å². The quantitative estimate of drug-likeness (QED) is 0.435. The van der Waals surface area contributed by atoms with Gasteiger partial charge in [-0.15, -0.1) is 0 Å². The topological polar surface area (TPSA) is 80.2 Å². The van der Waals surface area contributed by atoms with Gasteiger partial charge in [-0.05, 0) is 82.0 Å². The zero-order valence-electron chi connectivity index (χ0n) is 15.2. The zero-order valence-corrected chi connectivity index (χ0v) is 18.3. The number of nitrogens with zero attached hydrogens (tertiary/aromatic N) is 1. The number of carbonyl (C=O) groups excluding carboxylic acids is 1. The van der Waals surface area contributed by atoms with Gasteiger partial charge in [0.2, 0.25) is 0 Å². The molecule has 2 rings (SSSR count). The summed E-state index contributed by atoms with van der Waals surface area (Å²) in [5, 5.41) is 14.0. The summed E-state index contributed by atoms with van der Waals surface area (Å²) in [5.74, 6) is 0.553. The molecule has 0 fully saturated rings. The van der Waals surface area contributed by atoms with Crippen LogP contribution in [-0.4, -0.2) is 30.4 Å². The Hall–Kier alpha value is -2.06. The number of hydrogen-bond donors (Lipinski definition) is 2. The second-order valence-electron chi connectivity index (χ2n) is 5.70. The van der Waals surface area contributed by atoms with E-state index in [4.69, 9.17) is 9.47 Å². The molecular weight excluding hydrogens is 480 g/mol. The number of ether oxygens (including phenoxy) is 2. The minimum atomic E-state index is -0.386. The Balaban J connectivity index is 1.98. The van der Waals surface area contributed by atoms with Crippen molar-refractivity contribution in [3.05, 3.63) is 49.9 Å². The first-order valence-electron chi connectivity index (χ1n) is 8.19. The van der Waals surface area contributed by atoms with Crippen LogP contribution in [0.4, 0.5) is 0 Å². The molecule has 6 nitrogen and oxygen atoms in total. The Labute approximate surface area is 174 Å². The fourth-order valence-corrected chi connectivity index (χ4v) is 2.96. The fourth-order valence-electron chi connectivity index (χ4n) is 2.13. The highest BCUT2D eigenvalue weighted by molar-refractivity contribution is 9.13. The molecule has 27 heavy (non-hydrogen) atoms. The van der Waals surface area contributed by atoms with E-state index in [-0.39, 0.29) is 18.3 Å². The molecule has 0 saturated carbocycles. The van der Waals surface area contributed by atoms with Crippen molar-refractivity contribution in [3.63, 3.8) is 0 Å². The van der Waals surface area contributed by atoms with E-state index in [0.29, 0.717) is 32.6 Å². The van der Waals surface area contributed by atoms with Crippen LogP contribution in [0.3, 0.4) is 0 Å². The van der Waals surface area contributed by atoms with Crippen LogP contribution in [-0.2, 0) is 4.79 Å². The first-order chi connectivity index (χ1) is 12.8. The Morgan fingerprint density at radius 1 is 1.19 bits per heavy atom. The number of nitrogens with one attached hydrogen (secondary N) is 1. The van der Waals surface area contributed by atoms with E-state index in [9.17, 15) is 9.90 Å². The second kappa shape index (κ2) is 9.75. The molecule has 2 aromatic rings. The summed E-state index contributed by atoms with van der Waals surface area (Å²) in [6, 6.07) is 7.26. The normalized spacial score (nSPS) is 10.9. The maximum atomic E-state index is 11.9. The number of benzene rings is 2. The lowest BCUT2D eigenvalue weighted by atomic mass is 10.1. The number of hydrazone groups is 1. The maximum absolute atomic E-state index is 11.9. The van der Waals surface area contributed by atoms with Gasteiger partial charge in [0.25, 0.3) is 5.91 Å². The molecule has 0 radical (unpaired) electrons. The summed E-state index contributed by atoms with van der Waals surface area (Å²) in [6.07, 6.45) is 1.45. The van der Waals surface area contributed by atoms with Crippen LogP contribution in [0.25, 0.3) is 0 Å². The predicted octanol–water partition coefficient (Wildman–Crippen LogP) is 4.46. The van der Waals surface area contributed by atoms with E-state index in [1.54, 1.807) is 6.07 Å². The number of amides is 1. The van der Waals surface area contributed by atoms with Crippen LogP contribution < -0.4 is 14.9 Å². The molecule has 0 atom stereocenters. The van der Waals surface area contributed by atoms with Gasteiger partial charge in [-0.3, -0.25) is 4.79 Å². The van der Waals surface area contributed by atoms with Gasteiger partial charge in [0, 0.05) is 10.0 Å². The average Bonchev–Trinajstić information content (AvgIpc) is 2.64. The summed E-state index contributed by atoms with van der Waals surface area (Å²) in [5.41, 5.74) is 5.29. The van der Waals surface area contributed by atoms with Crippen LogP contribution in [0.15, 0.2) is 38.3 Å². The Morgan fingerprint density at radius 3 is 2.59 bits per heavy atom. The van der Waals surface area contributed by atoms with Gasteiger partial charge in [0.1, 0.15) is 5.75 Å². The van der Waals surface area contributed by atoms with Crippen molar-refractivity contribution in [2.24, 2.45) is 5.10 Å². The summed E-state index contributed by atoms with van der Waals surface area (Å²) in [6.45, 7) is 6.07. The number of phenolic OH excluding ortho intramolecular Hbond substituents is 1. The van der Waals surface area contributed by atoms with E-state index in [1.165, 1.54) is 6.21 Å². The van der Waals surface area contributed by atoms with Gasteiger partial charge in [-0.2, -0.15) is 5.10 Å².